The van der Waals surface area contributed by atoms with Crippen molar-refractivity contribution in [1.82, 2.24) is 0 Å². The fourth-order valence-corrected chi connectivity index (χ4v) is 37.9. The Morgan fingerprint density at radius 3 is 0.585 bits per heavy atom. The van der Waals surface area contributed by atoms with Crippen molar-refractivity contribution in [2.75, 3.05) is 0 Å². The second-order valence-electron chi connectivity index (χ2n) is 32.2. The fourth-order valence-electron chi connectivity index (χ4n) is 16.5. The minimum absolute atomic E-state index is 0.554. The maximum Gasteiger partial charge on any atom is 0.146 e. The van der Waals surface area contributed by atoms with Crippen molar-refractivity contribution in [2.24, 2.45) is 0 Å². The SMILES string of the molecule is CC(C)[Si](C#Cc1ccc(C#Cc2ccc(C#Cc3ccc(C=C(Br)Br)cc3C#Cc3ccc(C#Cc4ccc(C#C[Si](C(C)C)(C(C)C)C(C)C)cc4)c(C#Cc4ccc(C#C[Si](C(C)C)(C(C)C)C(C)C)cc4)c3)cc2C#Cc2ccc(C#C[Si](C(C)C)(C(C)C)C(C)C)cc2)cc1)(C(C)C)C(C)C. The maximum absolute atomic E-state index is 3.88. The topological polar surface area (TPSA) is 0 Å². The molecule has 0 heterocycles. The first kappa shape index (κ1) is 85.0. The van der Waals surface area contributed by atoms with E-state index in [0.29, 0.717) is 66.5 Å². The van der Waals surface area contributed by atoms with E-state index in [1.807, 2.05) is 48.5 Å². The summed E-state index contributed by atoms with van der Waals surface area (Å²) in [6.07, 6.45) is 2.01. The largest absolute Gasteiger partial charge is 0.146 e. The molecule has 0 N–H and O–H groups in total. The molecule has 0 saturated carbocycles. The van der Waals surface area contributed by atoms with E-state index in [4.69, 9.17) is 0 Å². The van der Waals surface area contributed by atoms with E-state index in [1.54, 1.807) is 0 Å². The van der Waals surface area contributed by atoms with Crippen molar-refractivity contribution in [3.05, 3.63) is 250 Å². The van der Waals surface area contributed by atoms with Gasteiger partial charge < -0.3 is 0 Å². The van der Waals surface area contributed by atoms with E-state index in [9.17, 15) is 0 Å². The van der Waals surface area contributed by atoms with Gasteiger partial charge in [-0.25, -0.2) is 0 Å². The molecule has 0 amide bonds. The van der Waals surface area contributed by atoms with Gasteiger partial charge in [0, 0.05) is 89.0 Å². The van der Waals surface area contributed by atoms with E-state index in [0.717, 1.165) is 98.0 Å². The molecule has 7 rings (SSSR count). The van der Waals surface area contributed by atoms with Gasteiger partial charge in [-0.3, -0.25) is 0 Å². The zero-order valence-electron chi connectivity index (χ0n) is 67.7. The van der Waals surface area contributed by atoms with Gasteiger partial charge in [-0.15, -0.1) is 22.2 Å². The van der Waals surface area contributed by atoms with Crippen molar-refractivity contribution < 1.29 is 0 Å². The average Bonchev–Trinajstić information content (AvgIpc) is 0.819. The lowest BCUT2D eigenvalue weighted by molar-refractivity contribution is 0.838. The number of rotatable bonds is 13. The zero-order chi connectivity index (χ0) is 77.8. The molecule has 0 aliphatic carbocycles. The third-order valence-electron chi connectivity index (χ3n) is 22.1. The van der Waals surface area contributed by atoms with Crippen LogP contribution in [0.1, 0.15) is 261 Å². The first-order valence-corrected chi connectivity index (χ1v) is 48.8. The highest BCUT2D eigenvalue weighted by Crippen LogP contribution is 2.44. The molecule has 106 heavy (non-hydrogen) atoms. The third-order valence-corrected chi connectivity index (χ3v) is 47.7. The van der Waals surface area contributed by atoms with Gasteiger partial charge in [-0.2, -0.15) is 0 Å². The Kier molecular flexibility index (Phi) is 30.9. The molecular weight excluding hydrogens is 1470 g/mol. The van der Waals surface area contributed by atoms with Gasteiger partial charge in [0.05, 0.1) is 3.39 Å². The Labute approximate surface area is 664 Å². The van der Waals surface area contributed by atoms with Crippen LogP contribution in [0.5, 0.6) is 0 Å². The molecule has 6 heteroatoms. The molecule has 0 radical (unpaired) electrons. The van der Waals surface area contributed by atoms with Gasteiger partial charge in [0.2, 0.25) is 0 Å². The Balaban J connectivity index is 1.30. The van der Waals surface area contributed by atoms with Gasteiger partial charge in [0.25, 0.3) is 0 Å². The lowest BCUT2D eigenvalue weighted by Crippen LogP contribution is -2.43. The van der Waals surface area contributed by atoms with Crippen LogP contribution in [0.4, 0.5) is 0 Å². The van der Waals surface area contributed by atoms with Crippen molar-refractivity contribution in [3.8, 4) is 117 Å². The van der Waals surface area contributed by atoms with Gasteiger partial charge >= 0.3 is 0 Å². The Bertz CT molecular complexity index is 4890. The number of hydrogen-bond donors (Lipinski definition) is 0. The highest BCUT2D eigenvalue weighted by atomic mass is 79.9. The summed E-state index contributed by atoms with van der Waals surface area (Å²) < 4.78 is 0.812. The van der Waals surface area contributed by atoms with Crippen molar-refractivity contribution >= 4 is 70.2 Å². The van der Waals surface area contributed by atoms with E-state index in [-0.39, 0.29) is 0 Å². The number of halogens is 2. The minimum atomic E-state index is -1.90. The van der Waals surface area contributed by atoms with Gasteiger partial charge in [-0.05, 0) is 256 Å². The van der Waals surface area contributed by atoms with E-state index >= 15 is 0 Å². The number of hydrogen-bond acceptors (Lipinski definition) is 0. The van der Waals surface area contributed by atoms with Crippen LogP contribution in [-0.4, -0.2) is 32.3 Å². The van der Waals surface area contributed by atoms with E-state index in [1.165, 1.54) is 0 Å². The maximum atomic E-state index is 3.88. The molecule has 540 valence electrons. The quantitative estimate of drug-likeness (QED) is 0.0797. The fraction of sp³-hybridized carbons (Fsp3) is 0.360. The Morgan fingerprint density at radius 1 is 0.208 bits per heavy atom. The molecule has 7 aromatic rings. The van der Waals surface area contributed by atoms with Crippen LogP contribution in [0.2, 0.25) is 66.5 Å². The standard InChI is InChI=1S/C100H110Br2Si4/c1-71(2)103(72(3)4,73(5)6)63-59-87-33-25-83(26-34-87)41-50-94-52-45-91(67-97(94)56-43-85-29-37-89(38-30-85)61-65-105(77(13)14,78(15)16)79(17)18)46-54-96-55-49-93(70-100(101)102)69-99(96)58-48-92-47-53-95(51-42-84-27-35-88(36-28-84)60-64-104(74(7)8,75(9)10)76(11)12)98(68-92)57-44-86-31-39-90(40-32-86)62-66-106(80(19)20,81(21)22)82(23)24/h25-40,45,47,49,52-53,55,67-82H,1-24H3. The van der Waals surface area contributed by atoms with Crippen molar-refractivity contribution in [2.45, 2.75) is 233 Å². The summed E-state index contributed by atoms with van der Waals surface area (Å²) in [5, 5.41) is 0. The monoisotopic (exact) mass is 1580 g/mol. The molecule has 0 aromatic heterocycles. The third kappa shape index (κ3) is 21.3. The molecule has 0 unspecified atom stereocenters. The molecule has 0 atom stereocenters. The van der Waals surface area contributed by atoms with Crippen LogP contribution in [0.3, 0.4) is 0 Å². The average molecular weight is 1580 g/mol. The first-order valence-electron chi connectivity index (χ1n) is 38.3. The van der Waals surface area contributed by atoms with Crippen LogP contribution in [0.25, 0.3) is 6.08 Å². The predicted molar refractivity (Wildman–Crippen MR) is 479 cm³/mol. The summed E-state index contributed by atoms with van der Waals surface area (Å²) in [4.78, 5) is 0. The molecule has 0 saturated heterocycles. The second kappa shape index (κ2) is 38.5. The van der Waals surface area contributed by atoms with Crippen molar-refractivity contribution in [3.63, 3.8) is 0 Å². The molecule has 0 aliphatic rings. The zero-order valence-corrected chi connectivity index (χ0v) is 74.9. The van der Waals surface area contributed by atoms with Crippen LogP contribution in [0, 0.1) is 117 Å². The molecule has 0 aliphatic heterocycles. The summed E-state index contributed by atoms with van der Waals surface area (Å²) in [5.41, 5.74) is 37.1. The lowest BCUT2D eigenvalue weighted by atomic mass is 10.0. The first-order chi connectivity index (χ1) is 50.2. The molecule has 0 bridgehead atoms. The minimum Gasteiger partial charge on any atom is -0.125 e. The van der Waals surface area contributed by atoms with Gasteiger partial charge in [0.15, 0.2) is 0 Å². The van der Waals surface area contributed by atoms with Crippen LogP contribution >= 0.6 is 31.9 Å². The second-order valence-corrected chi connectivity index (χ2v) is 57.3. The molecule has 0 spiro atoms. The normalized spacial score (nSPS) is 11.4. The predicted octanol–water partition coefficient (Wildman–Crippen LogP) is 26.5. The molecule has 7 aromatic carbocycles. The molecular formula is C100H110Br2Si4. The highest BCUT2D eigenvalue weighted by Gasteiger charge is 2.44. The van der Waals surface area contributed by atoms with E-state index < -0.39 is 32.3 Å². The summed E-state index contributed by atoms with van der Waals surface area (Å²) in [5.74, 6) is 56.4. The van der Waals surface area contributed by atoms with Crippen molar-refractivity contribution in [1.29, 1.82) is 0 Å². The summed E-state index contributed by atoms with van der Waals surface area (Å²) in [7, 11) is -7.59. The molecule has 0 fully saturated rings. The van der Waals surface area contributed by atoms with Crippen LogP contribution in [0.15, 0.2) is 155 Å². The van der Waals surface area contributed by atoms with Gasteiger partial charge in [0.1, 0.15) is 32.3 Å². The lowest BCUT2D eigenvalue weighted by Gasteiger charge is -2.38. The Hall–Kier alpha value is -8.29. The van der Waals surface area contributed by atoms with Crippen LogP contribution in [-0.2, 0) is 0 Å². The van der Waals surface area contributed by atoms with E-state index in [2.05, 4.69) is 424 Å². The van der Waals surface area contributed by atoms with Crippen LogP contribution < -0.4 is 0 Å². The Morgan fingerprint density at radius 2 is 0.377 bits per heavy atom. The molecule has 0 nitrogen and oxygen atoms in total. The van der Waals surface area contributed by atoms with Gasteiger partial charge in [-0.1, -0.05) is 267 Å². The summed E-state index contributed by atoms with van der Waals surface area (Å²) >= 11 is 7.19. The smallest absolute Gasteiger partial charge is 0.125 e. The number of benzene rings is 7. The highest BCUT2D eigenvalue weighted by molar-refractivity contribution is 9.28. The summed E-state index contributed by atoms with van der Waals surface area (Å²) in [6, 6.07) is 51.8. The summed E-state index contributed by atoms with van der Waals surface area (Å²) in [6.45, 7) is 56.5.